The van der Waals surface area contributed by atoms with Crippen LogP contribution in [0.15, 0.2) is 71.7 Å². The minimum absolute atomic E-state index is 0. The number of hydrogen-bond acceptors (Lipinski definition) is 5. The van der Waals surface area contributed by atoms with Gasteiger partial charge in [-0.2, -0.15) is 0 Å². The molecular formula is C36H45Cl3N4O3. The van der Waals surface area contributed by atoms with Crippen LogP contribution in [0.5, 0.6) is 5.75 Å². The zero-order chi connectivity index (χ0) is 32.5. The number of hydrogen-bond donors (Lipinski definition) is 1. The fraction of sp³-hybridized carbons (Fsp3) is 0.444. The highest BCUT2D eigenvalue weighted by Crippen LogP contribution is 2.46. The van der Waals surface area contributed by atoms with Crippen LogP contribution in [0.25, 0.3) is 0 Å². The summed E-state index contributed by atoms with van der Waals surface area (Å²) in [4.78, 5) is 26.0. The van der Waals surface area contributed by atoms with Gasteiger partial charge in [-0.25, -0.2) is 4.79 Å². The molecule has 2 amide bonds. The summed E-state index contributed by atoms with van der Waals surface area (Å²) in [5.74, 6) is 1.27. The summed E-state index contributed by atoms with van der Waals surface area (Å²) in [6.45, 7) is 15.6. The van der Waals surface area contributed by atoms with Crippen molar-refractivity contribution >= 4 is 47.5 Å². The molecule has 2 heterocycles. The molecule has 1 N–H and O–H groups in total. The molecule has 2 aliphatic heterocycles. The van der Waals surface area contributed by atoms with E-state index in [9.17, 15) is 9.90 Å². The van der Waals surface area contributed by atoms with Crippen LogP contribution < -0.4 is 4.74 Å². The number of β-amino-alcohol motifs (C(OH)–C–C–N with tert-alkyl or cyclic N) is 1. The number of halogens is 3. The summed E-state index contributed by atoms with van der Waals surface area (Å²) in [6, 6.07) is 20.6. The van der Waals surface area contributed by atoms with E-state index < -0.39 is 17.7 Å². The third-order valence-corrected chi connectivity index (χ3v) is 8.84. The summed E-state index contributed by atoms with van der Waals surface area (Å²) in [5.41, 5.74) is 2.90. The van der Waals surface area contributed by atoms with Gasteiger partial charge in [0.2, 0.25) is 0 Å². The van der Waals surface area contributed by atoms with Crippen molar-refractivity contribution in [2.45, 2.75) is 64.6 Å². The number of rotatable bonds is 7. The maximum Gasteiger partial charge on any atom is 0.326 e. The molecule has 10 heteroatoms. The molecule has 46 heavy (non-hydrogen) atoms. The number of piperazine rings is 1. The van der Waals surface area contributed by atoms with Crippen LogP contribution in [0.1, 0.15) is 75.9 Å². The number of ether oxygens (including phenoxy) is 1. The van der Waals surface area contributed by atoms with Gasteiger partial charge in [-0.15, -0.1) is 12.4 Å². The molecule has 1 saturated heterocycles. The van der Waals surface area contributed by atoms with Crippen molar-refractivity contribution in [1.82, 2.24) is 14.7 Å². The molecule has 0 unspecified atom stereocenters. The lowest BCUT2D eigenvalue weighted by Crippen LogP contribution is -2.55. The Bertz CT molecular complexity index is 1520. The van der Waals surface area contributed by atoms with Gasteiger partial charge < -0.3 is 14.7 Å². The number of benzene rings is 3. The van der Waals surface area contributed by atoms with E-state index in [0.29, 0.717) is 61.0 Å². The lowest BCUT2D eigenvalue weighted by Gasteiger charge is -2.40. The fourth-order valence-corrected chi connectivity index (χ4v) is 6.35. The molecule has 0 radical (unpaired) electrons. The summed E-state index contributed by atoms with van der Waals surface area (Å²) >= 11 is 12.6. The van der Waals surface area contributed by atoms with Crippen LogP contribution in [0.4, 0.5) is 4.79 Å². The van der Waals surface area contributed by atoms with Gasteiger partial charge in [-0.1, -0.05) is 74.3 Å². The average Bonchev–Trinajstić information content (AvgIpc) is 3.37. The van der Waals surface area contributed by atoms with E-state index in [0.717, 1.165) is 22.3 Å². The lowest BCUT2D eigenvalue weighted by molar-refractivity contribution is 0.0210. The van der Waals surface area contributed by atoms with Crippen molar-refractivity contribution in [2.24, 2.45) is 4.99 Å². The second-order valence-corrected chi connectivity index (χ2v) is 14.4. The summed E-state index contributed by atoms with van der Waals surface area (Å²) in [6.07, 6.45) is 0. The highest BCUT2D eigenvalue weighted by Gasteiger charge is 2.45. The lowest BCUT2D eigenvalue weighted by atomic mass is 9.86. The monoisotopic (exact) mass is 686 g/mol. The third-order valence-electron chi connectivity index (χ3n) is 8.34. The molecule has 0 bridgehead atoms. The Hall–Kier alpha value is -2.81. The molecule has 1 fully saturated rings. The van der Waals surface area contributed by atoms with Crippen LogP contribution in [-0.2, 0) is 5.41 Å². The Kier molecular flexibility index (Phi) is 11.4. The van der Waals surface area contributed by atoms with Gasteiger partial charge in [0.05, 0.1) is 23.8 Å². The Morgan fingerprint density at radius 1 is 0.891 bits per heavy atom. The Morgan fingerprint density at radius 3 is 1.98 bits per heavy atom. The van der Waals surface area contributed by atoms with E-state index in [4.69, 9.17) is 32.9 Å². The smallest absolute Gasteiger partial charge is 0.326 e. The molecule has 2 aliphatic rings. The summed E-state index contributed by atoms with van der Waals surface area (Å²) in [7, 11) is 0. The minimum Gasteiger partial charge on any atom is -0.493 e. The Balaban J connectivity index is 0.00000480. The number of aliphatic imine (C=N–C) groups is 1. The quantitative estimate of drug-likeness (QED) is 0.272. The molecular weight excluding hydrogens is 643 g/mol. The first kappa shape index (κ1) is 36.0. The topological polar surface area (TPSA) is 68.6 Å². The number of urea groups is 1. The van der Waals surface area contributed by atoms with Crippen molar-refractivity contribution in [3.63, 3.8) is 0 Å². The first-order valence-corrected chi connectivity index (χ1v) is 16.4. The van der Waals surface area contributed by atoms with Crippen LogP contribution in [0.3, 0.4) is 0 Å². The van der Waals surface area contributed by atoms with Crippen molar-refractivity contribution in [3.05, 3.63) is 99.0 Å². The van der Waals surface area contributed by atoms with E-state index in [-0.39, 0.29) is 23.9 Å². The molecule has 3 aromatic rings. The average molecular weight is 688 g/mol. The predicted octanol–water partition coefficient (Wildman–Crippen LogP) is 8.16. The molecule has 3 aromatic carbocycles. The second-order valence-electron chi connectivity index (χ2n) is 13.6. The maximum absolute atomic E-state index is 14.8. The highest BCUT2D eigenvalue weighted by atomic mass is 35.5. The molecule has 0 spiro atoms. The van der Waals surface area contributed by atoms with E-state index in [1.54, 1.807) is 0 Å². The van der Waals surface area contributed by atoms with Gasteiger partial charge >= 0.3 is 6.03 Å². The van der Waals surface area contributed by atoms with Crippen molar-refractivity contribution in [2.75, 3.05) is 39.3 Å². The van der Waals surface area contributed by atoms with Gasteiger partial charge in [0.15, 0.2) is 0 Å². The number of carbonyl (C=O) groups excluding carboxylic acids is 1. The van der Waals surface area contributed by atoms with Gasteiger partial charge in [0.1, 0.15) is 17.6 Å². The zero-order valence-electron chi connectivity index (χ0n) is 27.5. The Labute approximate surface area is 289 Å². The Morgan fingerprint density at radius 2 is 1.46 bits per heavy atom. The number of nitrogens with zero attached hydrogens (tertiary/aromatic N) is 4. The first-order valence-electron chi connectivity index (χ1n) is 15.6. The van der Waals surface area contributed by atoms with Gasteiger partial charge in [0, 0.05) is 42.8 Å². The van der Waals surface area contributed by atoms with E-state index in [2.05, 4.69) is 37.8 Å². The van der Waals surface area contributed by atoms with Crippen molar-refractivity contribution in [1.29, 1.82) is 0 Å². The van der Waals surface area contributed by atoms with Crippen LogP contribution in [0, 0.1) is 0 Å². The normalized spacial score (nSPS) is 19.1. The van der Waals surface area contributed by atoms with Crippen LogP contribution in [-0.4, -0.2) is 76.6 Å². The molecule has 248 valence electrons. The van der Waals surface area contributed by atoms with Crippen LogP contribution in [0.2, 0.25) is 10.0 Å². The fourth-order valence-electron chi connectivity index (χ4n) is 6.10. The molecule has 5 rings (SSSR count). The van der Waals surface area contributed by atoms with E-state index >= 15 is 0 Å². The number of aliphatic hydroxyl groups is 1. The zero-order valence-corrected chi connectivity index (χ0v) is 29.8. The summed E-state index contributed by atoms with van der Waals surface area (Å²) in [5, 5.41) is 11.6. The van der Waals surface area contributed by atoms with E-state index in [1.165, 1.54) is 0 Å². The van der Waals surface area contributed by atoms with Gasteiger partial charge in [-0.05, 0) is 79.3 Å². The summed E-state index contributed by atoms with van der Waals surface area (Å²) < 4.78 is 6.23. The largest absolute Gasteiger partial charge is 0.493 e. The second kappa shape index (κ2) is 14.5. The first-order chi connectivity index (χ1) is 21.2. The maximum atomic E-state index is 14.8. The van der Waals surface area contributed by atoms with E-state index in [1.807, 2.05) is 85.2 Å². The van der Waals surface area contributed by atoms with Crippen LogP contribution >= 0.6 is 35.6 Å². The minimum atomic E-state index is -0.804. The third kappa shape index (κ3) is 8.18. The SMILES string of the molecule is CCOc1cc(C(C)(C)C)ccc1C1=N[C@@H](c2ccc(Cl)cc2)[C@@H](c2ccc(Cl)cc2)N1C(=O)N1CCN(CC(C)(C)O)CC1.Cl. The molecule has 7 nitrogen and oxygen atoms in total. The molecule has 0 saturated carbocycles. The van der Waals surface area contributed by atoms with Crippen molar-refractivity contribution < 1.29 is 14.6 Å². The standard InChI is InChI=1S/C36H44Cl2N4O3.ClH/c1-7-45-30-22-26(35(2,3)4)12-17-29(30)33-39-31(24-8-13-27(37)14-9-24)32(25-10-15-28(38)16-11-25)42(33)34(43)41-20-18-40(19-21-41)23-36(5,6)44;/h8-17,22,31-32,44H,7,18-21,23H2,1-6H3;1H/t31-,32+;/m0./s1. The highest BCUT2D eigenvalue weighted by molar-refractivity contribution is 6.30. The molecule has 2 atom stereocenters. The predicted molar refractivity (Wildman–Crippen MR) is 190 cm³/mol. The van der Waals surface area contributed by atoms with Gasteiger partial charge in [0.25, 0.3) is 0 Å². The molecule has 0 aromatic heterocycles. The number of amides is 2. The number of amidine groups is 1. The molecule has 0 aliphatic carbocycles. The van der Waals surface area contributed by atoms with Crippen molar-refractivity contribution in [3.8, 4) is 5.75 Å². The van der Waals surface area contributed by atoms with Gasteiger partial charge in [-0.3, -0.25) is 14.8 Å². The number of carbonyl (C=O) groups is 1.